The van der Waals surface area contributed by atoms with Gasteiger partial charge >= 0.3 is 0 Å². The molecule has 0 saturated heterocycles. The van der Waals surface area contributed by atoms with Crippen molar-refractivity contribution in [2.45, 2.75) is 38.5 Å². The Kier molecular flexibility index (Phi) is 5.02. The number of nitrogens with zero attached hydrogens (tertiary/aromatic N) is 2. The summed E-state index contributed by atoms with van der Waals surface area (Å²) in [5, 5.41) is 8.49. The van der Waals surface area contributed by atoms with Crippen LogP contribution in [-0.4, -0.2) is 16.0 Å². The summed E-state index contributed by atoms with van der Waals surface area (Å²) >= 11 is 1.49. The molecule has 16 heavy (non-hydrogen) atoms. The molecular formula is C11H19N3OS. The monoisotopic (exact) mass is 241 g/mol. The van der Waals surface area contributed by atoms with E-state index in [4.69, 9.17) is 10.2 Å². The molecule has 1 rings (SSSR count). The summed E-state index contributed by atoms with van der Waals surface area (Å²) in [6.45, 7) is 9.96. The van der Waals surface area contributed by atoms with E-state index >= 15 is 0 Å². The highest BCUT2D eigenvalue weighted by molar-refractivity contribution is 7.99. The average molecular weight is 241 g/mol. The molecular weight excluding hydrogens is 222 g/mol. The fraction of sp³-hybridized carbons (Fsp3) is 0.636. The van der Waals surface area contributed by atoms with Gasteiger partial charge in [0.25, 0.3) is 5.22 Å². The van der Waals surface area contributed by atoms with Crippen molar-refractivity contribution in [3.05, 3.63) is 18.0 Å². The molecule has 1 aromatic heterocycles. The van der Waals surface area contributed by atoms with Crippen molar-refractivity contribution in [2.24, 2.45) is 11.7 Å². The minimum absolute atomic E-state index is 0.170. The van der Waals surface area contributed by atoms with E-state index in [2.05, 4.69) is 30.6 Å². The number of aromatic nitrogens is 2. The summed E-state index contributed by atoms with van der Waals surface area (Å²) in [6, 6.07) is -0.170. The summed E-state index contributed by atoms with van der Waals surface area (Å²) < 4.78 is 5.49. The first kappa shape index (κ1) is 13.3. The zero-order chi connectivity index (χ0) is 12.1. The Hall–Kier alpha value is -0.810. The van der Waals surface area contributed by atoms with Crippen LogP contribution in [0.5, 0.6) is 0 Å². The Labute approximate surface area is 101 Å². The van der Waals surface area contributed by atoms with Crippen LogP contribution in [0.2, 0.25) is 0 Å². The van der Waals surface area contributed by atoms with E-state index in [9.17, 15) is 0 Å². The first-order chi connectivity index (χ1) is 7.54. The molecule has 0 aliphatic carbocycles. The van der Waals surface area contributed by atoms with Gasteiger partial charge in [0.15, 0.2) is 0 Å². The molecule has 0 bridgehead atoms. The number of rotatable bonds is 6. The molecule has 90 valence electrons. The molecule has 0 aliphatic rings. The maximum absolute atomic E-state index is 6.00. The molecule has 0 spiro atoms. The Morgan fingerprint density at radius 1 is 1.56 bits per heavy atom. The normalized spacial score (nSPS) is 14.8. The van der Waals surface area contributed by atoms with Gasteiger partial charge in [0.2, 0.25) is 5.89 Å². The summed E-state index contributed by atoms with van der Waals surface area (Å²) in [6.07, 6.45) is 0.998. The van der Waals surface area contributed by atoms with Crippen LogP contribution in [0, 0.1) is 5.92 Å². The Bertz CT molecular complexity index is 351. The van der Waals surface area contributed by atoms with Crippen LogP contribution in [-0.2, 0) is 0 Å². The Morgan fingerprint density at radius 2 is 2.25 bits per heavy atom. The first-order valence-electron chi connectivity index (χ1n) is 5.40. The van der Waals surface area contributed by atoms with Gasteiger partial charge in [-0.05, 0) is 12.8 Å². The van der Waals surface area contributed by atoms with Gasteiger partial charge in [0.1, 0.15) is 0 Å². The zero-order valence-corrected chi connectivity index (χ0v) is 10.9. The van der Waals surface area contributed by atoms with Crippen LogP contribution >= 0.6 is 11.8 Å². The van der Waals surface area contributed by atoms with Gasteiger partial charge in [-0.15, -0.1) is 10.2 Å². The molecule has 1 aromatic rings. The minimum atomic E-state index is -0.170. The number of thioether (sulfide) groups is 1. The van der Waals surface area contributed by atoms with Crippen LogP contribution in [0.15, 0.2) is 21.8 Å². The van der Waals surface area contributed by atoms with E-state index in [1.807, 2.05) is 6.92 Å². The molecule has 0 amide bonds. The molecule has 5 heteroatoms. The second kappa shape index (κ2) is 6.06. The third-order valence-electron chi connectivity index (χ3n) is 2.41. The second-order valence-corrected chi connectivity index (χ2v) is 4.99. The van der Waals surface area contributed by atoms with Crippen molar-refractivity contribution in [1.29, 1.82) is 0 Å². The van der Waals surface area contributed by atoms with Crippen LogP contribution in [0.25, 0.3) is 0 Å². The molecule has 0 saturated carbocycles. The van der Waals surface area contributed by atoms with Crippen LogP contribution < -0.4 is 5.73 Å². The number of hydrogen-bond donors (Lipinski definition) is 1. The molecule has 0 radical (unpaired) electrons. The smallest absolute Gasteiger partial charge is 0.276 e. The van der Waals surface area contributed by atoms with Gasteiger partial charge in [-0.1, -0.05) is 44.2 Å². The molecule has 0 aliphatic heterocycles. The Morgan fingerprint density at radius 3 is 2.81 bits per heavy atom. The predicted octanol–water partition coefficient (Wildman–Crippen LogP) is 2.78. The highest BCUT2D eigenvalue weighted by Gasteiger charge is 2.19. The molecule has 4 nitrogen and oxygen atoms in total. The van der Waals surface area contributed by atoms with Crippen molar-refractivity contribution in [1.82, 2.24) is 10.2 Å². The summed E-state index contributed by atoms with van der Waals surface area (Å²) in [7, 11) is 0. The quantitative estimate of drug-likeness (QED) is 0.613. The summed E-state index contributed by atoms with van der Waals surface area (Å²) in [5.74, 6) is 1.67. The van der Waals surface area contributed by atoms with Gasteiger partial charge in [0, 0.05) is 5.75 Å². The summed E-state index contributed by atoms with van der Waals surface area (Å²) in [4.78, 5) is 0. The van der Waals surface area contributed by atoms with E-state index in [-0.39, 0.29) is 6.04 Å². The highest BCUT2D eigenvalue weighted by Crippen LogP contribution is 2.24. The van der Waals surface area contributed by atoms with E-state index in [1.165, 1.54) is 11.8 Å². The highest BCUT2D eigenvalue weighted by atomic mass is 32.2. The molecule has 0 aromatic carbocycles. The van der Waals surface area contributed by atoms with Gasteiger partial charge in [-0.25, -0.2) is 0 Å². The van der Waals surface area contributed by atoms with E-state index in [0.717, 1.165) is 17.7 Å². The number of nitrogens with two attached hydrogens (primary N) is 1. The van der Waals surface area contributed by atoms with Gasteiger partial charge in [0.05, 0.1) is 6.04 Å². The number of hydrogen-bond acceptors (Lipinski definition) is 5. The van der Waals surface area contributed by atoms with Crippen LogP contribution in [0.1, 0.15) is 39.1 Å². The molecule has 2 N–H and O–H groups in total. The Balaban J connectivity index is 2.60. The van der Waals surface area contributed by atoms with Crippen molar-refractivity contribution >= 4 is 11.8 Å². The van der Waals surface area contributed by atoms with Gasteiger partial charge in [-0.3, -0.25) is 0 Å². The zero-order valence-electron chi connectivity index (χ0n) is 10.1. The molecule has 2 unspecified atom stereocenters. The van der Waals surface area contributed by atoms with Crippen LogP contribution in [0.4, 0.5) is 0 Å². The second-order valence-electron chi connectivity index (χ2n) is 4.06. The van der Waals surface area contributed by atoms with Gasteiger partial charge in [-0.2, -0.15) is 0 Å². The molecule has 2 atom stereocenters. The lowest BCUT2D eigenvalue weighted by Gasteiger charge is -2.13. The fourth-order valence-corrected chi connectivity index (χ4v) is 1.71. The molecule has 1 heterocycles. The van der Waals surface area contributed by atoms with Crippen molar-refractivity contribution in [2.75, 3.05) is 5.75 Å². The lowest BCUT2D eigenvalue weighted by Crippen LogP contribution is -2.18. The lowest BCUT2D eigenvalue weighted by atomic mass is 10.0. The minimum Gasteiger partial charge on any atom is -0.414 e. The van der Waals surface area contributed by atoms with E-state index in [0.29, 0.717) is 17.0 Å². The predicted molar refractivity (Wildman–Crippen MR) is 66.2 cm³/mol. The standard InChI is InChI=1S/C11H19N3OS/c1-5-8(4)9(12)10-13-14-11(15-10)16-6-7(2)3/h8-9H,2,5-6,12H2,1,3-4H3. The topological polar surface area (TPSA) is 64.9 Å². The first-order valence-corrected chi connectivity index (χ1v) is 6.39. The third kappa shape index (κ3) is 3.64. The largest absolute Gasteiger partial charge is 0.414 e. The summed E-state index contributed by atoms with van der Waals surface area (Å²) in [5.41, 5.74) is 7.07. The molecule has 0 fully saturated rings. The third-order valence-corrected chi connectivity index (χ3v) is 3.46. The van der Waals surface area contributed by atoms with E-state index < -0.39 is 0 Å². The fourth-order valence-electron chi connectivity index (χ4n) is 1.10. The lowest BCUT2D eigenvalue weighted by molar-refractivity contribution is 0.333. The maximum atomic E-state index is 6.00. The maximum Gasteiger partial charge on any atom is 0.276 e. The van der Waals surface area contributed by atoms with E-state index in [1.54, 1.807) is 0 Å². The van der Waals surface area contributed by atoms with Crippen molar-refractivity contribution in [3.8, 4) is 0 Å². The average Bonchev–Trinajstić information content (AvgIpc) is 2.72. The SMILES string of the molecule is C=C(C)CSc1nnc(C(N)C(C)CC)o1. The van der Waals surface area contributed by atoms with Crippen molar-refractivity contribution in [3.63, 3.8) is 0 Å². The van der Waals surface area contributed by atoms with Gasteiger partial charge < -0.3 is 10.2 Å². The van der Waals surface area contributed by atoms with Crippen LogP contribution in [0.3, 0.4) is 0 Å². The van der Waals surface area contributed by atoms with Crippen molar-refractivity contribution < 1.29 is 4.42 Å².